The van der Waals surface area contributed by atoms with Crippen LogP contribution in [-0.4, -0.2) is 30.3 Å². The summed E-state index contributed by atoms with van der Waals surface area (Å²) < 4.78 is 5.18. The predicted molar refractivity (Wildman–Crippen MR) is 95.4 cm³/mol. The largest absolute Gasteiger partial charge is 0.497 e. The van der Waals surface area contributed by atoms with Gasteiger partial charge in [0.2, 0.25) is 0 Å². The number of nitrogens with one attached hydrogen (secondary N) is 1. The standard InChI is InChI=1S/C17H17ClN2O2S/c1-22-15-7-3-6-14(11-15)19-17(21)20-8-9-23-16(20)12-4-2-5-13(18)10-12/h2-7,10-11,16H,8-9H2,1H3,(H,19,21)/t16-/m1/s1. The van der Waals surface area contributed by atoms with Crippen LogP contribution >= 0.6 is 23.4 Å². The van der Waals surface area contributed by atoms with E-state index in [-0.39, 0.29) is 11.4 Å². The van der Waals surface area contributed by atoms with Crippen LogP contribution in [0.2, 0.25) is 5.02 Å². The summed E-state index contributed by atoms with van der Waals surface area (Å²) in [5.74, 6) is 1.62. The van der Waals surface area contributed by atoms with E-state index in [4.69, 9.17) is 16.3 Å². The van der Waals surface area contributed by atoms with Crippen molar-refractivity contribution in [2.24, 2.45) is 0 Å². The van der Waals surface area contributed by atoms with Gasteiger partial charge in [0.1, 0.15) is 11.1 Å². The number of hydrogen-bond donors (Lipinski definition) is 1. The first-order valence-electron chi connectivity index (χ1n) is 7.26. The van der Waals surface area contributed by atoms with Crippen LogP contribution in [0.3, 0.4) is 0 Å². The molecule has 4 nitrogen and oxygen atoms in total. The van der Waals surface area contributed by atoms with Crippen molar-refractivity contribution < 1.29 is 9.53 Å². The number of methoxy groups -OCH3 is 1. The highest BCUT2D eigenvalue weighted by molar-refractivity contribution is 7.99. The Morgan fingerprint density at radius 3 is 2.91 bits per heavy atom. The molecule has 23 heavy (non-hydrogen) atoms. The zero-order valence-corrected chi connectivity index (χ0v) is 14.2. The SMILES string of the molecule is COc1cccc(NC(=O)N2CCS[C@@H]2c2cccc(Cl)c2)c1. The van der Waals surface area contributed by atoms with Crippen LogP contribution in [0.15, 0.2) is 48.5 Å². The van der Waals surface area contributed by atoms with Crippen molar-refractivity contribution in [1.29, 1.82) is 0 Å². The number of nitrogens with zero attached hydrogens (tertiary/aromatic N) is 1. The lowest BCUT2D eigenvalue weighted by Gasteiger charge is -2.24. The summed E-state index contributed by atoms with van der Waals surface area (Å²) in [6.45, 7) is 0.706. The van der Waals surface area contributed by atoms with Crippen molar-refractivity contribution in [2.45, 2.75) is 5.37 Å². The summed E-state index contributed by atoms with van der Waals surface area (Å²) in [4.78, 5) is 14.4. The molecule has 3 rings (SSSR count). The Labute approximate surface area is 144 Å². The molecule has 120 valence electrons. The average Bonchev–Trinajstić information content (AvgIpc) is 3.05. The van der Waals surface area contributed by atoms with E-state index >= 15 is 0 Å². The van der Waals surface area contributed by atoms with Crippen LogP contribution in [0.25, 0.3) is 0 Å². The number of carbonyl (C=O) groups is 1. The second kappa shape index (κ2) is 7.15. The van der Waals surface area contributed by atoms with E-state index < -0.39 is 0 Å². The van der Waals surface area contributed by atoms with Crippen LogP contribution in [0.4, 0.5) is 10.5 Å². The third kappa shape index (κ3) is 3.74. The number of ether oxygens (including phenoxy) is 1. The molecule has 1 saturated heterocycles. The topological polar surface area (TPSA) is 41.6 Å². The predicted octanol–water partition coefficient (Wildman–Crippen LogP) is 4.63. The first kappa shape index (κ1) is 16.0. The van der Waals surface area contributed by atoms with Crippen molar-refractivity contribution in [1.82, 2.24) is 4.90 Å². The third-order valence-corrected chi connectivity index (χ3v) is 5.10. The summed E-state index contributed by atoms with van der Waals surface area (Å²) >= 11 is 7.81. The number of urea groups is 1. The molecule has 2 aromatic carbocycles. The van der Waals surface area contributed by atoms with Gasteiger partial charge in [0.15, 0.2) is 0 Å². The van der Waals surface area contributed by atoms with Crippen LogP contribution in [0, 0.1) is 0 Å². The van der Waals surface area contributed by atoms with E-state index in [9.17, 15) is 4.79 Å². The Morgan fingerprint density at radius 2 is 2.13 bits per heavy atom. The van der Waals surface area contributed by atoms with E-state index in [0.717, 1.165) is 17.0 Å². The minimum Gasteiger partial charge on any atom is -0.497 e. The molecule has 0 aromatic heterocycles. The van der Waals surface area contributed by atoms with Gasteiger partial charge in [0.25, 0.3) is 0 Å². The van der Waals surface area contributed by atoms with Crippen molar-refractivity contribution in [3.63, 3.8) is 0 Å². The Hall–Kier alpha value is -1.85. The fourth-order valence-corrected chi connectivity index (χ4v) is 3.95. The summed E-state index contributed by atoms with van der Waals surface area (Å²) in [7, 11) is 1.60. The van der Waals surface area contributed by atoms with Crippen LogP contribution < -0.4 is 10.1 Å². The van der Waals surface area contributed by atoms with Gasteiger partial charge in [0.05, 0.1) is 7.11 Å². The van der Waals surface area contributed by atoms with Gasteiger partial charge >= 0.3 is 6.03 Å². The van der Waals surface area contributed by atoms with Gasteiger partial charge in [0, 0.05) is 29.1 Å². The summed E-state index contributed by atoms with van der Waals surface area (Å²) in [6, 6.07) is 14.9. The van der Waals surface area contributed by atoms with Gasteiger partial charge in [-0.1, -0.05) is 29.8 Å². The minimum atomic E-state index is -0.117. The molecule has 2 amide bonds. The zero-order valence-electron chi connectivity index (χ0n) is 12.7. The minimum absolute atomic E-state index is 0.0145. The number of thioether (sulfide) groups is 1. The summed E-state index contributed by atoms with van der Waals surface area (Å²) in [6.07, 6.45) is 0. The Bertz CT molecular complexity index is 710. The summed E-state index contributed by atoms with van der Waals surface area (Å²) in [5, 5.41) is 3.60. The molecule has 1 aliphatic rings. The van der Waals surface area contributed by atoms with Crippen molar-refractivity contribution in [2.75, 3.05) is 24.7 Å². The number of carbonyl (C=O) groups excluding carboxylic acids is 1. The Morgan fingerprint density at radius 1 is 1.30 bits per heavy atom. The lowest BCUT2D eigenvalue weighted by Crippen LogP contribution is -2.34. The van der Waals surface area contributed by atoms with E-state index in [1.54, 1.807) is 24.9 Å². The third-order valence-electron chi connectivity index (χ3n) is 3.61. The van der Waals surface area contributed by atoms with E-state index in [0.29, 0.717) is 17.3 Å². The first-order chi connectivity index (χ1) is 11.2. The normalized spacial score (nSPS) is 17.1. The fraction of sp³-hybridized carbons (Fsp3) is 0.235. The van der Waals surface area contributed by atoms with Crippen LogP contribution in [0.5, 0.6) is 5.75 Å². The maximum atomic E-state index is 12.6. The molecular formula is C17H17ClN2O2S. The van der Waals surface area contributed by atoms with Gasteiger partial charge in [-0.25, -0.2) is 4.79 Å². The molecule has 1 heterocycles. The maximum absolute atomic E-state index is 12.6. The van der Waals surface area contributed by atoms with Gasteiger partial charge in [-0.05, 0) is 29.8 Å². The molecule has 0 bridgehead atoms. The number of anilines is 1. The van der Waals surface area contributed by atoms with Crippen LogP contribution in [-0.2, 0) is 0 Å². The molecular weight excluding hydrogens is 332 g/mol. The monoisotopic (exact) mass is 348 g/mol. The maximum Gasteiger partial charge on any atom is 0.323 e. The fourth-order valence-electron chi connectivity index (χ4n) is 2.51. The average molecular weight is 349 g/mol. The second-order valence-corrected chi connectivity index (χ2v) is 6.76. The van der Waals surface area contributed by atoms with Crippen molar-refractivity contribution >= 4 is 35.1 Å². The molecule has 6 heteroatoms. The Kier molecular flexibility index (Phi) is 4.98. The molecule has 1 N–H and O–H groups in total. The smallest absolute Gasteiger partial charge is 0.323 e. The van der Waals surface area contributed by atoms with Gasteiger partial charge in [-0.2, -0.15) is 0 Å². The lowest BCUT2D eigenvalue weighted by molar-refractivity contribution is 0.214. The number of benzene rings is 2. The number of rotatable bonds is 3. The van der Waals surface area contributed by atoms with E-state index in [2.05, 4.69) is 5.32 Å². The molecule has 0 radical (unpaired) electrons. The van der Waals surface area contributed by atoms with Gasteiger partial charge in [-0.15, -0.1) is 11.8 Å². The first-order valence-corrected chi connectivity index (χ1v) is 8.69. The summed E-state index contributed by atoms with van der Waals surface area (Å²) in [5.41, 5.74) is 1.76. The Balaban J connectivity index is 1.75. The highest BCUT2D eigenvalue weighted by Crippen LogP contribution is 2.38. The number of amides is 2. The van der Waals surface area contributed by atoms with E-state index in [1.165, 1.54) is 0 Å². The highest BCUT2D eigenvalue weighted by Gasteiger charge is 2.30. The number of halogens is 1. The molecule has 2 aromatic rings. The second-order valence-electron chi connectivity index (χ2n) is 5.13. The quantitative estimate of drug-likeness (QED) is 0.879. The van der Waals surface area contributed by atoms with E-state index in [1.807, 2.05) is 47.4 Å². The molecule has 1 atom stereocenters. The molecule has 0 spiro atoms. The lowest BCUT2D eigenvalue weighted by atomic mass is 10.2. The van der Waals surface area contributed by atoms with Crippen LogP contribution in [0.1, 0.15) is 10.9 Å². The zero-order chi connectivity index (χ0) is 16.2. The van der Waals surface area contributed by atoms with Gasteiger partial charge in [-0.3, -0.25) is 0 Å². The molecule has 0 unspecified atom stereocenters. The van der Waals surface area contributed by atoms with Crippen molar-refractivity contribution in [3.05, 3.63) is 59.1 Å². The molecule has 0 aliphatic carbocycles. The molecule has 0 saturated carbocycles. The number of hydrogen-bond acceptors (Lipinski definition) is 3. The molecule has 1 fully saturated rings. The van der Waals surface area contributed by atoms with Crippen molar-refractivity contribution in [3.8, 4) is 5.75 Å². The molecule has 1 aliphatic heterocycles. The van der Waals surface area contributed by atoms with Gasteiger partial charge < -0.3 is 15.0 Å². The highest BCUT2D eigenvalue weighted by atomic mass is 35.5.